The first-order valence-electron chi connectivity index (χ1n) is 6.85. The van der Waals surface area contributed by atoms with E-state index in [-0.39, 0.29) is 29.9 Å². The monoisotopic (exact) mass is 438 g/mol. The molecule has 1 fully saturated rings. The summed E-state index contributed by atoms with van der Waals surface area (Å²) in [5.41, 5.74) is 9.17. The lowest BCUT2D eigenvalue weighted by Crippen LogP contribution is -2.50. The first kappa shape index (κ1) is 19.2. The Morgan fingerprint density at radius 3 is 2.55 bits per heavy atom. The summed E-state index contributed by atoms with van der Waals surface area (Å²) < 4.78 is 23.9. The number of nitrogens with two attached hydrogens (primary N) is 1. The molecule has 3 N–H and O–H groups in total. The van der Waals surface area contributed by atoms with E-state index in [1.807, 2.05) is 25.1 Å². The van der Waals surface area contributed by atoms with Gasteiger partial charge in [-0.15, -0.1) is 24.0 Å². The standard InChI is InChI=1S/C14H22N4O2S.HI/c1-10-4-5-13(6-11(10)2)17-14(15)16-7-12-8-18(9-12)21(3,19)20;/h4-6,12H,7-9H2,1-3H3,(H3,15,16,17);1H. The van der Waals surface area contributed by atoms with Crippen molar-refractivity contribution in [3.05, 3.63) is 29.3 Å². The van der Waals surface area contributed by atoms with Crippen LogP contribution in [0.1, 0.15) is 11.1 Å². The van der Waals surface area contributed by atoms with Crippen LogP contribution in [0.5, 0.6) is 0 Å². The number of benzene rings is 1. The first-order valence-corrected chi connectivity index (χ1v) is 8.70. The lowest BCUT2D eigenvalue weighted by atomic mass is 10.0. The number of rotatable bonds is 4. The van der Waals surface area contributed by atoms with Gasteiger partial charge in [0.15, 0.2) is 5.96 Å². The molecule has 1 aliphatic rings. The number of nitrogens with one attached hydrogen (secondary N) is 1. The van der Waals surface area contributed by atoms with Gasteiger partial charge in [0.1, 0.15) is 0 Å². The van der Waals surface area contributed by atoms with Crippen molar-refractivity contribution < 1.29 is 8.42 Å². The van der Waals surface area contributed by atoms with E-state index in [2.05, 4.69) is 17.2 Å². The number of guanidine groups is 1. The van der Waals surface area contributed by atoms with E-state index >= 15 is 0 Å². The van der Waals surface area contributed by atoms with Crippen molar-refractivity contribution in [1.29, 1.82) is 0 Å². The quantitative estimate of drug-likeness (QED) is 0.424. The molecule has 0 radical (unpaired) electrons. The number of hydrogen-bond acceptors (Lipinski definition) is 3. The molecule has 0 bridgehead atoms. The van der Waals surface area contributed by atoms with Gasteiger partial charge in [-0.2, -0.15) is 0 Å². The zero-order valence-electron chi connectivity index (χ0n) is 13.0. The molecule has 0 saturated carbocycles. The normalized spacial score (nSPS) is 16.8. The molecule has 1 aliphatic heterocycles. The van der Waals surface area contributed by atoms with Gasteiger partial charge in [-0.3, -0.25) is 4.99 Å². The average Bonchev–Trinajstić information content (AvgIpc) is 2.30. The third-order valence-corrected chi connectivity index (χ3v) is 4.93. The molecule has 1 heterocycles. The maximum atomic E-state index is 11.3. The van der Waals surface area contributed by atoms with Crippen molar-refractivity contribution in [3.63, 3.8) is 0 Å². The molecule has 0 atom stereocenters. The fourth-order valence-corrected chi connectivity index (χ4v) is 3.11. The third-order valence-electron chi connectivity index (χ3n) is 3.69. The van der Waals surface area contributed by atoms with Gasteiger partial charge < -0.3 is 11.1 Å². The molecule has 8 heteroatoms. The van der Waals surface area contributed by atoms with Crippen LogP contribution in [0, 0.1) is 19.8 Å². The minimum Gasteiger partial charge on any atom is -0.370 e. The van der Waals surface area contributed by atoms with Crippen LogP contribution in [0.4, 0.5) is 5.69 Å². The summed E-state index contributed by atoms with van der Waals surface area (Å²) in [6, 6.07) is 6.01. The molecule has 0 amide bonds. The fourth-order valence-electron chi connectivity index (χ4n) is 2.14. The van der Waals surface area contributed by atoms with Crippen LogP contribution in [-0.4, -0.2) is 44.6 Å². The molecule has 0 aromatic heterocycles. The van der Waals surface area contributed by atoms with Crippen LogP contribution in [0.15, 0.2) is 23.2 Å². The van der Waals surface area contributed by atoms with Crippen LogP contribution < -0.4 is 11.1 Å². The van der Waals surface area contributed by atoms with Crippen molar-refractivity contribution >= 4 is 45.6 Å². The molecule has 1 aromatic rings. The van der Waals surface area contributed by atoms with Gasteiger partial charge in [-0.1, -0.05) is 6.07 Å². The van der Waals surface area contributed by atoms with Crippen LogP contribution >= 0.6 is 24.0 Å². The highest BCUT2D eigenvalue weighted by Gasteiger charge is 2.32. The van der Waals surface area contributed by atoms with Gasteiger partial charge in [0, 0.05) is 31.2 Å². The zero-order valence-corrected chi connectivity index (χ0v) is 16.2. The summed E-state index contributed by atoms with van der Waals surface area (Å²) in [7, 11) is -3.06. The van der Waals surface area contributed by atoms with E-state index in [9.17, 15) is 8.42 Å². The Hall–Kier alpha value is -0.870. The van der Waals surface area contributed by atoms with E-state index in [4.69, 9.17) is 5.73 Å². The summed E-state index contributed by atoms with van der Waals surface area (Å²) in [4.78, 5) is 4.27. The average molecular weight is 438 g/mol. The second kappa shape index (κ2) is 7.60. The van der Waals surface area contributed by atoms with Crippen LogP contribution in [0.2, 0.25) is 0 Å². The molecular weight excluding hydrogens is 415 g/mol. The van der Waals surface area contributed by atoms with Gasteiger partial charge in [0.25, 0.3) is 0 Å². The lowest BCUT2D eigenvalue weighted by molar-refractivity contribution is 0.209. The predicted molar refractivity (Wildman–Crippen MR) is 101 cm³/mol. The number of anilines is 1. The van der Waals surface area contributed by atoms with Crippen molar-refractivity contribution in [3.8, 4) is 0 Å². The number of aryl methyl sites for hydroxylation is 2. The molecule has 2 rings (SSSR count). The Morgan fingerprint density at radius 1 is 1.36 bits per heavy atom. The van der Waals surface area contributed by atoms with Gasteiger partial charge in [0.2, 0.25) is 10.0 Å². The molecule has 6 nitrogen and oxygen atoms in total. The van der Waals surface area contributed by atoms with E-state index in [0.29, 0.717) is 25.6 Å². The van der Waals surface area contributed by atoms with Crippen molar-refractivity contribution in [2.75, 3.05) is 31.2 Å². The number of sulfonamides is 1. The summed E-state index contributed by atoms with van der Waals surface area (Å²) in [6.07, 6.45) is 1.22. The van der Waals surface area contributed by atoms with E-state index in [0.717, 1.165) is 5.69 Å². The molecule has 0 unspecified atom stereocenters. The highest BCUT2D eigenvalue weighted by atomic mass is 127. The second-order valence-corrected chi connectivity index (χ2v) is 7.58. The minimum absolute atomic E-state index is 0. The summed E-state index contributed by atoms with van der Waals surface area (Å²) in [5, 5.41) is 3.05. The molecule has 124 valence electrons. The maximum Gasteiger partial charge on any atom is 0.211 e. The van der Waals surface area contributed by atoms with Crippen molar-refractivity contribution in [2.24, 2.45) is 16.6 Å². The van der Waals surface area contributed by atoms with Crippen LogP contribution in [-0.2, 0) is 10.0 Å². The Kier molecular flexibility index (Phi) is 6.63. The highest BCUT2D eigenvalue weighted by Crippen LogP contribution is 2.19. The van der Waals surface area contributed by atoms with Gasteiger partial charge >= 0.3 is 0 Å². The summed E-state index contributed by atoms with van der Waals surface area (Å²) >= 11 is 0. The lowest BCUT2D eigenvalue weighted by Gasteiger charge is -2.36. The molecule has 0 aliphatic carbocycles. The Bertz CT molecular complexity index is 655. The van der Waals surface area contributed by atoms with E-state index in [1.54, 1.807) is 0 Å². The van der Waals surface area contributed by atoms with Gasteiger partial charge in [-0.05, 0) is 37.1 Å². The van der Waals surface area contributed by atoms with Crippen molar-refractivity contribution in [2.45, 2.75) is 13.8 Å². The van der Waals surface area contributed by atoms with Gasteiger partial charge in [-0.25, -0.2) is 12.7 Å². The second-order valence-electron chi connectivity index (χ2n) is 5.60. The van der Waals surface area contributed by atoms with Gasteiger partial charge in [0.05, 0.1) is 6.26 Å². The Balaban J connectivity index is 0.00000242. The minimum atomic E-state index is -3.06. The predicted octanol–water partition coefficient (Wildman–Crippen LogP) is 1.54. The number of aliphatic imine (C=N–C) groups is 1. The van der Waals surface area contributed by atoms with E-state index in [1.165, 1.54) is 21.7 Å². The Morgan fingerprint density at radius 2 is 2.00 bits per heavy atom. The Labute approximate surface area is 149 Å². The zero-order chi connectivity index (χ0) is 15.6. The smallest absolute Gasteiger partial charge is 0.211 e. The van der Waals surface area contributed by atoms with Crippen LogP contribution in [0.25, 0.3) is 0 Å². The third kappa shape index (κ3) is 5.10. The van der Waals surface area contributed by atoms with Crippen LogP contribution in [0.3, 0.4) is 0 Å². The molecule has 1 aromatic carbocycles. The summed E-state index contributed by atoms with van der Waals surface area (Å²) in [6.45, 7) is 5.69. The highest BCUT2D eigenvalue weighted by molar-refractivity contribution is 14.0. The molecule has 22 heavy (non-hydrogen) atoms. The topological polar surface area (TPSA) is 87.8 Å². The fraction of sp³-hybridized carbons (Fsp3) is 0.500. The first-order chi connectivity index (χ1) is 9.75. The van der Waals surface area contributed by atoms with E-state index < -0.39 is 10.0 Å². The van der Waals surface area contributed by atoms with Crippen molar-refractivity contribution in [1.82, 2.24) is 4.31 Å². The largest absolute Gasteiger partial charge is 0.370 e. The SMILES string of the molecule is Cc1ccc(NC(N)=NCC2CN(S(C)(=O)=O)C2)cc1C.I. The number of nitrogens with zero attached hydrogens (tertiary/aromatic N) is 2. The molecule has 1 saturated heterocycles. The summed E-state index contributed by atoms with van der Waals surface area (Å²) in [5.74, 6) is 0.607. The number of halogens is 1. The number of hydrogen-bond donors (Lipinski definition) is 2. The maximum absolute atomic E-state index is 11.3. The molecular formula is C14H23IN4O2S. The molecule has 0 spiro atoms.